The van der Waals surface area contributed by atoms with Gasteiger partial charge in [0.05, 0.1) is 23.7 Å². The molecule has 0 bridgehead atoms. The minimum absolute atomic E-state index is 0. The molecular formula is C26H22ClN3O3. The van der Waals surface area contributed by atoms with E-state index in [4.69, 9.17) is 11.6 Å². The highest BCUT2D eigenvalue weighted by atomic mass is 35.5. The van der Waals surface area contributed by atoms with Gasteiger partial charge in [0, 0.05) is 23.5 Å². The topological polar surface area (TPSA) is 102 Å². The molecule has 0 aliphatic carbocycles. The third-order valence-electron chi connectivity index (χ3n) is 5.90. The number of H-pyrrole nitrogens is 1. The first-order chi connectivity index (χ1) is 15.5. The molecule has 3 aromatic carbocycles. The Morgan fingerprint density at radius 2 is 1.67 bits per heavy atom. The Bertz CT molecular complexity index is 1460. The monoisotopic (exact) mass is 459 g/mol. The van der Waals surface area contributed by atoms with Crippen molar-refractivity contribution in [3.05, 3.63) is 124 Å². The lowest BCUT2D eigenvalue weighted by atomic mass is 9.82. The van der Waals surface area contributed by atoms with Crippen molar-refractivity contribution in [3.8, 4) is 11.1 Å². The number of imidazole rings is 1. The minimum atomic E-state index is -1.49. The summed E-state index contributed by atoms with van der Waals surface area (Å²) < 4.78 is 1.61. The van der Waals surface area contributed by atoms with Crippen LogP contribution in [-0.2, 0) is 12.6 Å². The molecule has 0 saturated carbocycles. The van der Waals surface area contributed by atoms with E-state index < -0.39 is 5.60 Å². The van der Waals surface area contributed by atoms with Gasteiger partial charge < -0.3 is 20.1 Å². The molecule has 0 radical (unpaired) electrons. The highest BCUT2D eigenvalue weighted by Gasteiger charge is 2.35. The molecule has 7 heteroatoms. The summed E-state index contributed by atoms with van der Waals surface area (Å²) >= 11 is 6.10. The number of fused-ring (bicyclic) bond motifs is 1. The lowest BCUT2D eigenvalue weighted by Gasteiger charge is -2.29. The van der Waals surface area contributed by atoms with Crippen LogP contribution in [0.1, 0.15) is 16.8 Å². The minimum Gasteiger partial charge on any atom is -0.412 e. The average molecular weight is 460 g/mol. The second-order valence-corrected chi connectivity index (χ2v) is 8.17. The van der Waals surface area contributed by atoms with Crippen molar-refractivity contribution in [2.24, 2.45) is 7.05 Å². The fourth-order valence-corrected chi connectivity index (χ4v) is 4.29. The molecule has 33 heavy (non-hydrogen) atoms. The van der Waals surface area contributed by atoms with Crippen molar-refractivity contribution in [2.45, 2.75) is 5.60 Å². The van der Waals surface area contributed by atoms with Gasteiger partial charge in [-0.05, 0) is 46.5 Å². The van der Waals surface area contributed by atoms with Crippen molar-refractivity contribution in [2.75, 3.05) is 0 Å². The summed E-state index contributed by atoms with van der Waals surface area (Å²) in [6, 6.07) is 24.1. The predicted molar refractivity (Wildman–Crippen MR) is 130 cm³/mol. The van der Waals surface area contributed by atoms with E-state index in [-0.39, 0.29) is 11.0 Å². The number of aliphatic hydroxyl groups is 1. The maximum Gasteiger partial charge on any atom is 0.251 e. The van der Waals surface area contributed by atoms with Gasteiger partial charge in [0.2, 0.25) is 0 Å². The van der Waals surface area contributed by atoms with Crippen LogP contribution in [0, 0.1) is 0 Å². The molecule has 5 rings (SSSR count). The highest BCUT2D eigenvalue weighted by molar-refractivity contribution is 6.30. The summed E-state index contributed by atoms with van der Waals surface area (Å²) in [5, 5.41) is 13.5. The number of benzene rings is 3. The van der Waals surface area contributed by atoms with E-state index in [9.17, 15) is 9.90 Å². The Balaban J connectivity index is 0.00000259. The molecule has 5 aromatic rings. The van der Waals surface area contributed by atoms with Crippen LogP contribution in [-0.4, -0.2) is 25.1 Å². The van der Waals surface area contributed by atoms with Gasteiger partial charge in [-0.2, -0.15) is 0 Å². The average Bonchev–Trinajstić information content (AvgIpc) is 3.37. The Morgan fingerprint density at radius 1 is 0.970 bits per heavy atom. The predicted octanol–water partition coefficient (Wildman–Crippen LogP) is 4.04. The maximum absolute atomic E-state index is 12.6. The van der Waals surface area contributed by atoms with Crippen molar-refractivity contribution in [3.63, 3.8) is 0 Å². The van der Waals surface area contributed by atoms with Crippen LogP contribution in [0.5, 0.6) is 0 Å². The normalized spacial score (nSPS) is 12.8. The van der Waals surface area contributed by atoms with Gasteiger partial charge in [0.15, 0.2) is 5.60 Å². The summed E-state index contributed by atoms with van der Waals surface area (Å²) in [5.41, 5.74) is 2.78. The first kappa shape index (κ1) is 22.5. The number of aromatic nitrogens is 3. The quantitative estimate of drug-likeness (QED) is 0.424. The molecule has 0 aliphatic rings. The zero-order chi connectivity index (χ0) is 22.3. The Kier molecular flexibility index (Phi) is 5.91. The first-order valence-corrected chi connectivity index (χ1v) is 10.5. The summed E-state index contributed by atoms with van der Waals surface area (Å²) in [6.45, 7) is 0. The molecule has 2 heterocycles. The molecule has 0 amide bonds. The number of aryl methyl sites for hydroxylation is 1. The summed E-state index contributed by atoms with van der Waals surface area (Å²) in [7, 11) is 1.75. The van der Waals surface area contributed by atoms with Crippen LogP contribution in [0.25, 0.3) is 22.0 Å². The molecule has 1 atom stereocenters. The lowest BCUT2D eigenvalue weighted by Crippen LogP contribution is -2.29. The second-order valence-electron chi connectivity index (χ2n) is 7.74. The number of pyridine rings is 1. The zero-order valence-electron chi connectivity index (χ0n) is 17.8. The zero-order valence-corrected chi connectivity index (χ0v) is 18.5. The van der Waals surface area contributed by atoms with Gasteiger partial charge in [0.1, 0.15) is 0 Å². The number of halogens is 1. The van der Waals surface area contributed by atoms with Crippen molar-refractivity contribution < 1.29 is 10.6 Å². The van der Waals surface area contributed by atoms with Gasteiger partial charge in [-0.3, -0.25) is 4.79 Å². The van der Waals surface area contributed by atoms with E-state index in [0.29, 0.717) is 21.8 Å². The number of aromatic amines is 1. The van der Waals surface area contributed by atoms with E-state index in [0.717, 1.165) is 22.0 Å². The van der Waals surface area contributed by atoms with Gasteiger partial charge >= 0.3 is 0 Å². The highest BCUT2D eigenvalue weighted by Crippen LogP contribution is 2.38. The molecule has 0 aliphatic heterocycles. The van der Waals surface area contributed by atoms with E-state index >= 15 is 0 Å². The molecule has 0 saturated heterocycles. The lowest BCUT2D eigenvalue weighted by molar-refractivity contribution is 0.121. The molecule has 0 spiro atoms. The van der Waals surface area contributed by atoms with Crippen LogP contribution in [0.3, 0.4) is 0 Å². The molecule has 6 nitrogen and oxygen atoms in total. The van der Waals surface area contributed by atoms with Crippen molar-refractivity contribution in [1.29, 1.82) is 0 Å². The van der Waals surface area contributed by atoms with E-state index in [1.165, 1.54) is 6.33 Å². The van der Waals surface area contributed by atoms with E-state index in [1.807, 2.05) is 48.5 Å². The Hall–Kier alpha value is -3.71. The van der Waals surface area contributed by atoms with Crippen LogP contribution in [0.4, 0.5) is 0 Å². The largest absolute Gasteiger partial charge is 0.412 e. The second kappa shape index (κ2) is 8.67. The van der Waals surface area contributed by atoms with Crippen molar-refractivity contribution >= 4 is 22.5 Å². The van der Waals surface area contributed by atoms with Gasteiger partial charge in [-0.15, -0.1) is 0 Å². The molecule has 4 N–H and O–H groups in total. The molecule has 166 valence electrons. The van der Waals surface area contributed by atoms with Crippen LogP contribution < -0.4 is 5.56 Å². The molecular weight excluding hydrogens is 438 g/mol. The number of rotatable bonds is 4. The van der Waals surface area contributed by atoms with Gasteiger partial charge in [-0.25, -0.2) is 4.98 Å². The first-order valence-electron chi connectivity index (χ1n) is 10.2. The smallest absolute Gasteiger partial charge is 0.251 e. The van der Waals surface area contributed by atoms with E-state index in [2.05, 4.69) is 9.97 Å². The van der Waals surface area contributed by atoms with Gasteiger partial charge in [0.25, 0.3) is 5.56 Å². The standard InChI is InChI=1S/C26H20ClN3O2.H2O/c1-30-23-12-9-19(13-22(23)21(14-25(30)31)17-5-3-2-4-6-17)26(32,24-15-28-16-29-24)18-7-10-20(27)11-8-18;/h2-16,32H,1H3,(H,28,29);1H2. The summed E-state index contributed by atoms with van der Waals surface area (Å²) in [5.74, 6) is 0. The summed E-state index contributed by atoms with van der Waals surface area (Å²) in [6.07, 6.45) is 3.15. The van der Waals surface area contributed by atoms with Crippen LogP contribution in [0.2, 0.25) is 5.02 Å². The number of hydrogen-bond acceptors (Lipinski definition) is 3. The molecule has 1 unspecified atom stereocenters. The van der Waals surface area contributed by atoms with Crippen molar-refractivity contribution in [1.82, 2.24) is 14.5 Å². The van der Waals surface area contributed by atoms with Gasteiger partial charge in [-0.1, -0.05) is 60.1 Å². The maximum atomic E-state index is 12.6. The number of hydrogen-bond donors (Lipinski definition) is 2. The molecule has 0 fully saturated rings. The third kappa shape index (κ3) is 3.74. The number of nitrogens with one attached hydrogen (secondary N) is 1. The van der Waals surface area contributed by atoms with E-state index in [1.54, 1.807) is 48.1 Å². The fraction of sp³-hybridized carbons (Fsp3) is 0.0769. The Labute approximate surface area is 195 Å². The Morgan fingerprint density at radius 3 is 2.33 bits per heavy atom. The van der Waals surface area contributed by atoms with Crippen LogP contribution in [0.15, 0.2) is 96.2 Å². The number of nitrogens with zero attached hydrogens (tertiary/aromatic N) is 2. The third-order valence-corrected chi connectivity index (χ3v) is 6.15. The molecule has 2 aromatic heterocycles. The summed E-state index contributed by atoms with van der Waals surface area (Å²) in [4.78, 5) is 19.8. The van der Waals surface area contributed by atoms with Crippen LogP contribution >= 0.6 is 11.6 Å². The SMILES string of the molecule is Cn1c(=O)cc(-c2ccccc2)c2cc(C(O)(c3ccc(Cl)cc3)c3cnc[nH]3)ccc21.O. The fourth-order valence-electron chi connectivity index (χ4n) is 4.17.